The second kappa shape index (κ2) is 17.4. The number of hydrogen-bond acceptors (Lipinski definition) is 1. The maximum absolute atomic E-state index is 2.40. The third kappa shape index (κ3) is 7.22. The summed E-state index contributed by atoms with van der Waals surface area (Å²) in [6, 6.07) is 99.1. The number of benzene rings is 11. The lowest BCUT2D eigenvalue weighted by Crippen LogP contribution is -2.09. The topological polar surface area (TPSA) is 7.65 Å². The van der Waals surface area contributed by atoms with Crippen LogP contribution >= 0.6 is 0 Å². The minimum Gasteiger partial charge on any atom is -0.315 e. The molecule has 2 nitrogen and oxygen atoms in total. The number of hydrogen-bond donors (Lipinski definition) is 0. The zero-order chi connectivity index (χ0) is 46.4. The van der Waals surface area contributed by atoms with Gasteiger partial charge in [0.1, 0.15) is 0 Å². The van der Waals surface area contributed by atoms with Crippen molar-refractivity contribution in [2.24, 2.45) is 0 Å². The van der Waals surface area contributed by atoms with Crippen molar-refractivity contribution >= 4 is 55.0 Å². The number of anilines is 3. The van der Waals surface area contributed by atoms with Crippen molar-refractivity contribution in [3.05, 3.63) is 279 Å². The fraction of sp³-hybridized carbons (Fsp3) is 0. The van der Waals surface area contributed by atoms with Crippen LogP contribution in [0.3, 0.4) is 0 Å². The largest absolute Gasteiger partial charge is 0.315 e. The summed E-state index contributed by atoms with van der Waals surface area (Å²) in [5.74, 6) is 0. The van der Waals surface area contributed by atoms with Crippen molar-refractivity contribution in [1.82, 2.24) is 4.40 Å². The Labute approximate surface area is 408 Å². The lowest BCUT2D eigenvalue weighted by molar-refractivity contribution is 1.26. The summed E-state index contributed by atoms with van der Waals surface area (Å²) >= 11 is 0. The maximum Gasteiger partial charge on any atom is 0.0620 e. The van der Waals surface area contributed by atoms with Crippen LogP contribution in [0.25, 0.3) is 105 Å². The Kier molecular flexibility index (Phi) is 10.2. The van der Waals surface area contributed by atoms with Gasteiger partial charge in [0, 0.05) is 39.6 Å². The van der Waals surface area contributed by atoms with E-state index >= 15 is 0 Å². The van der Waals surface area contributed by atoms with Gasteiger partial charge in [0.05, 0.1) is 11.0 Å². The van der Waals surface area contributed by atoms with Crippen LogP contribution in [0.2, 0.25) is 0 Å². The molecule has 0 atom stereocenters. The molecule has 2 heterocycles. The Balaban J connectivity index is 0.803. The molecular formula is C68H46N2. The highest BCUT2D eigenvalue weighted by Gasteiger charge is 2.20. The van der Waals surface area contributed by atoms with Crippen molar-refractivity contribution in [3.63, 3.8) is 0 Å². The molecule has 0 saturated heterocycles. The summed E-state index contributed by atoms with van der Waals surface area (Å²) in [6.45, 7) is 0. The summed E-state index contributed by atoms with van der Waals surface area (Å²) in [6.07, 6.45) is 2.21. The molecule has 0 spiro atoms. The molecule has 0 amide bonds. The molecule has 328 valence electrons. The Bertz CT molecular complexity index is 4000. The lowest BCUT2D eigenvalue weighted by Gasteiger charge is -2.26. The quantitative estimate of drug-likeness (QED) is 0.131. The summed E-state index contributed by atoms with van der Waals surface area (Å²) in [7, 11) is 0. The molecule has 0 unspecified atom stereocenters. The van der Waals surface area contributed by atoms with Gasteiger partial charge in [-0.2, -0.15) is 0 Å². The van der Waals surface area contributed by atoms with Crippen LogP contribution in [0.1, 0.15) is 0 Å². The van der Waals surface area contributed by atoms with E-state index in [1.54, 1.807) is 0 Å². The van der Waals surface area contributed by atoms with Crippen LogP contribution in [0.5, 0.6) is 0 Å². The average molecular weight is 891 g/mol. The fourth-order valence-corrected chi connectivity index (χ4v) is 10.7. The van der Waals surface area contributed by atoms with E-state index in [9.17, 15) is 0 Å². The Morgan fingerprint density at radius 3 is 1.37 bits per heavy atom. The first kappa shape index (κ1) is 41.0. The van der Waals surface area contributed by atoms with E-state index in [2.05, 4.69) is 288 Å². The normalized spacial score (nSPS) is 11.4. The lowest BCUT2D eigenvalue weighted by atomic mass is 9.91. The molecule has 0 saturated carbocycles. The fourth-order valence-electron chi connectivity index (χ4n) is 10.7. The van der Waals surface area contributed by atoms with E-state index in [4.69, 9.17) is 0 Å². The second-order valence-corrected chi connectivity index (χ2v) is 18.1. The Morgan fingerprint density at radius 1 is 0.257 bits per heavy atom. The van der Waals surface area contributed by atoms with Crippen LogP contribution in [-0.4, -0.2) is 4.40 Å². The number of nitrogens with zero attached hydrogens (tertiary/aromatic N) is 2. The van der Waals surface area contributed by atoms with Gasteiger partial charge in [0.2, 0.25) is 0 Å². The van der Waals surface area contributed by atoms with Gasteiger partial charge in [0.25, 0.3) is 0 Å². The highest BCUT2D eigenvalue weighted by molar-refractivity contribution is 6.30. The smallest absolute Gasteiger partial charge is 0.0620 e. The monoisotopic (exact) mass is 890 g/mol. The highest BCUT2D eigenvalue weighted by atomic mass is 15.1. The zero-order valence-electron chi connectivity index (χ0n) is 38.5. The van der Waals surface area contributed by atoms with Crippen molar-refractivity contribution in [2.45, 2.75) is 0 Å². The molecule has 2 heteroatoms. The molecular weight excluding hydrogens is 845 g/mol. The Hall–Kier alpha value is -9.24. The van der Waals surface area contributed by atoms with E-state index in [1.807, 2.05) is 0 Å². The molecule has 0 aliphatic carbocycles. The first-order chi connectivity index (χ1) is 34.7. The van der Waals surface area contributed by atoms with Gasteiger partial charge in [-0.25, -0.2) is 0 Å². The van der Waals surface area contributed by atoms with Crippen molar-refractivity contribution in [3.8, 4) is 66.8 Å². The number of pyridine rings is 1. The van der Waals surface area contributed by atoms with Gasteiger partial charge in [-0.05, 0) is 132 Å². The van der Waals surface area contributed by atoms with Crippen molar-refractivity contribution in [1.29, 1.82) is 0 Å². The average Bonchev–Trinajstić information content (AvgIpc) is 3.80. The minimum absolute atomic E-state index is 1.10. The number of aromatic nitrogens is 1. The number of rotatable bonds is 9. The van der Waals surface area contributed by atoms with Crippen LogP contribution in [0, 0.1) is 0 Å². The van der Waals surface area contributed by atoms with E-state index in [1.165, 1.54) is 105 Å². The van der Waals surface area contributed by atoms with Gasteiger partial charge < -0.3 is 9.30 Å². The first-order valence-electron chi connectivity index (χ1n) is 24.1. The molecule has 0 fully saturated rings. The van der Waals surface area contributed by atoms with Crippen LogP contribution in [0.15, 0.2) is 279 Å². The van der Waals surface area contributed by atoms with Crippen LogP contribution in [-0.2, 0) is 0 Å². The van der Waals surface area contributed by atoms with Crippen LogP contribution < -0.4 is 4.90 Å². The molecule has 0 N–H and O–H groups in total. The third-order valence-corrected chi connectivity index (χ3v) is 14.0. The van der Waals surface area contributed by atoms with E-state index in [0.717, 1.165) is 17.1 Å². The molecule has 13 aromatic rings. The number of fused-ring (bicyclic) bond motifs is 8. The molecule has 2 aromatic heterocycles. The maximum atomic E-state index is 2.40. The van der Waals surface area contributed by atoms with E-state index < -0.39 is 0 Å². The first-order valence-corrected chi connectivity index (χ1v) is 24.1. The van der Waals surface area contributed by atoms with Gasteiger partial charge in [-0.3, -0.25) is 0 Å². The molecule has 0 radical (unpaired) electrons. The van der Waals surface area contributed by atoms with E-state index in [0.29, 0.717) is 0 Å². The summed E-state index contributed by atoms with van der Waals surface area (Å²) < 4.78 is 2.38. The Morgan fingerprint density at radius 2 is 0.714 bits per heavy atom. The molecule has 11 aromatic carbocycles. The predicted octanol–water partition coefficient (Wildman–Crippen LogP) is 18.9. The zero-order valence-corrected chi connectivity index (χ0v) is 38.5. The van der Waals surface area contributed by atoms with Crippen molar-refractivity contribution < 1.29 is 0 Å². The number of para-hydroxylation sites is 1. The van der Waals surface area contributed by atoms with Gasteiger partial charge in [-0.1, -0.05) is 218 Å². The third-order valence-electron chi connectivity index (χ3n) is 14.0. The van der Waals surface area contributed by atoms with Crippen LogP contribution in [0.4, 0.5) is 17.1 Å². The second-order valence-electron chi connectivity index (χ2n) is 18.1. The molecule has 0 aliphatic rings. The summed E-state index contributed by atoms with van der Waals surface area (Å²) in [4.78, 5) is 2.34. The standard InChI is InChI=1S/C68H46N2/c1-4-17-51(18-5-1)59-25-10-11-26-60(59)52-38-41-57(42-39-52)70(56-22-8-3-9-23-56)58-24-16-21-54(45-58)49-34-30-47(31-35-49)48-32-36-50(37-33-48)55-40-43-62-64(46-55)61-27-12-13-28-63(61)68-67(62)66(53-19-6-2-7-20-53)65-29-14-15-44-69(65)68/h1-46H. The SMILES string of the molecule is c1ccc(-c2ccccc2-c2ccc(N(c3ccccc3)c3cccc(-c4ccc(-c5ccc(-c6ccc7c(c6)c6ccccc6c6c7c(-c7ccccc7)c7ccccn76)cc5)cc4)c3)cc2)cc1. The highest BCUT2D eigenvalue weighted by Crippen LogP contribution is 2.45. The van der Waals surface area contributed by atoms with Crippen molar-refractivity contribution in [2.75, 3.05) is 4.90 Å². The molecule has 70 heavy (non-hydrogen) atoms. The van der Waals surface area contributed by atoms with Gasteiger partial charge in [-0.15, -0.1) is 0 Å². The predicted molar refractivity (Wildman–Crippen MR) is 297 cm³/mol. The summed E-state index contributed by atoms with van der Waals surface area (Å²) in [5.41, 5.74) is 20.3. The summed E-state index contributed by atoms with van der Waals surface area (Å²) in [5, 5.41) is 6.35. The molecule has 0 bridgehead atoms. The van der Waals surface area contributed by atoms with Gasteiger partial charge in [0.15, 0.2) is 0 Å². The van der Waals surface area contributed by atoms with E-state index in [-0.39, 0.29) is 0 Å². The molecule has 0 aliphatic heterocycles. The van der Waals surface area contributed by atoms with Gasteiger partial charge >= 0.3 is 0 Å². The minimum atomic E-state index is 1.10. The molecule has 13 rings (SSSR count).